The van der Waals surface area contributed by atoms with E-state index in [0.29, 0.717) is 10.3 Å². The standard InChI is InChI=1S/C14H14BrFN4/c15-11-9-12(16)14(18-10-11)20-7-5-19(6-8-20)13-3-1-2-4-17-13/h1-4,9-10H,5-8H2. The van der Waals surface area contributed by atoms with E-state index in [2.05, 4.69) is 30.8 Å². The molecule has 20 heavy (non-hydrogen) atoms. The van der Waals surface area contributed by atoms with E-state index in [0.717, 1.165) is 32.0 Å². The van der Waals surface area contributed by atoms with Crippen molar-refractivity contribution < 1.29 is 4.39 Å². The summed E-state index contributed by atoms with van der Waals surface area (Å²) in [6.45, 7) is 3.10. The van der Waals surface area contributed by atoms with Crippen molar-refractivity contribution in [3.63, 3.8) is 0 Å². The van der Waals surface area contributed by atoms with E-state index in [4.69, 9.17) is 0 Å². The van der Waals surface area contributed by atoms with Gasteiger partial charge in [-0.3, -0.25) is 0 Å². The van der Waals surface area contributed by atoms with Gasteiger partial charge in [-0.25, -0.2) is 14.4 Å². The lowest BCUT2D eigenvalue weighted by atomic mass is 10.3. The van der Waals surface area contributed by atoms with E-state index in [9.17, 15) is 4.39 Å². The average molecular weight is 337 g/mol. The number of hydrogen-bond donors (Lipinski definition) is 0. The summed E-state index contributed by atoms with van der Waals surface area (Å²) in [5.41, 5.74) is 0. The lowest BCUT2D eigenvalue weighted by molar-refractivity contribution is 0.586. The molecule has 1 saturated heterocycles. The number of anilines is 2. The largest absolute Gasteiger partial charge is 0.353 e. The minimum Gasteiger partial charge on any atom is -0.353 e. The number of hydrogen-bond acceptors (Lipinski definition) is 4. The van der Waals surface area contributed by atoms with Gasteiger partial charge in [-0.1, -0.05) is 6.07 Å². The van der Waals surface area contributed by atoms with E-state index in [1.165, 1.54) is 6.07 Å². The Morgan fingerprint density at radius 3 is 2.45 bits per heavy atom. The average Bonchev–Trinajstić information content (AvgIpc) is 2.48. The Bertz CT molecular complexity index is 585. The Morgan fingerprint density at radius 1 is 1.05 bits per heavy atom. The van der Waals surface area contributed by atoms with Gasteiger partial charge in [0.1, 0.15) is 5.82 Å². The maximum absolute atomic E-state index is 13.9. The molecular formula is C14H14BrFN4. The van der Waals surface area contributed by atoms with Gasteiger partial charge in [0.05, 0.1) is 0 Å². The Morgan fingerprint density at radius 2 is 1.80 bits per heavy atom. The molecule has 1 aliphatic heterocycles. The van der Waals surface area contributed by atoms with E-state index in [1.54, 1.807) is 12.4 Å². The van der Waals surface area contributed by atoms with E-state index >= 15 is 0 Å². The maximum atomic E-state index is 13.9. The highest BCUT2D eigenvalue weighted by atomic mass is 79.9. The van der Waals surface area contributed by atoms with E-state index in [-0.39, 0.29) is 5.82 Å². The predicted molar refractivity (Wildman–Crippen MR) is 80.6 cm³/mol. The van der Waals surface area contributed by atoms with Gasteiger partial charge in [0, 0.05) is 43.0 Å². The number of halogens is 2. The molecule has 0 amide bonds. The Balaban J connectivity index is 1.69. The molecule has 2 aromatic heterocycles. The highest BCUT2D eigenvalue weighted by Crippen LogP contribution is 2.22. The third-order valence-corrected chi connectivity index (χ3v) is 3.77. The van der Waals surface area contributed by atoms with Gasteiger partial charge in [-0.15, -0.1) is 0 Å². The number of nitrogens with zero attached hydrogens (tertiary/aromatic N) is 4. The van der Waals surface area contributed by atoms with Crippen molar-refractivity contribution in [2.24, 2.45) is 0 Å². The molecule has 0 aliphatic carbocycles. The monoisotopic (exact) mass is 336 g/mol. The zero-order valence-corrected chi connectivity index (χ0v) is 12.4. The van der Waals surface area contributed by atoms with Crippen molar-refractivity contribution in [3.05, 3.63) is 46.9 Å². The molecule has 0 saturated carbocycles. The molecule has 104 valence electrons. The van der Waals surface area contributed by atoms with Gasteiger partial charge in [0.2, 0.25) is 0 Å². The first-order chi connectivity index (χ1) is 9.74. The van der Waals surface area contributed by atoms with Crippen LogP contribution in [0.15, 0.2) is 41.1 Å². The van der Waals surface area contributed by atoms with Crippen LogP contribution in [-0.2, 0) is 0 Å². The molecule has 3 heterocycles. The first kappa shape index (κ1) is 13.3. The summed E-state index contributed by atoms with van der Waals surface area (Å²) in [6, 6.07) is 7.33. The van der Waals surface area contributed by atoms with Gasteiger partial charge >= 0.3 is 0 Å². The Kier molecular flexibility index (Phi) is 3.82. The van der Waals surface area contributed by atoms with Crippen LogP contribution in [-0.4, -0.2) is 36.1 Å². The van der Waals surface area contributed by atoms with Crippen molar-refractivity contribution in [2.75, 3.05) is 36.0 Å². The summed E-state index contributed by atoms with van der Waals surface area (Å²) in [5, 5.41) is 0. The molecule has 0 atom stereocenters. The van der Waals surface area contributed by atoms with E-state index < -0.39 is 0 Å². The lowest BCUT2D eigenvalue weighted by Gasteiger charge is -2.36. The lowest BCUT2D eigenvalue weighted by Crippen LogP contribution is -2.47. The van der Waals surface area contributed by atoms with E-state index in [1.807, 2.05) is 23.1 Å². The number of rotatable bonds is 2. The zero-order chi connectivity index (χ0) is 13.9. The minimum atomic E-state index is -0.286. The molecular weight excluding hydrogens is 323 g/mol. The van der Waals surface area contributed by atoms with Crippen molar-refractivity contribution in [2.45, 2.75) is 0 Å². The molecule has 2 aromatic rings. The smallest absolute Gasteiger partial charge is 0.166 e. The SMILES string of the molecule is Fc1cc(Br)cnc1N1CCN(c2ccccn2)CC1. The van der Waals surface area contributed by atoms with Crippen LogP contribution in [0.4, 0.5) is 16.0 Å². The molecule has 0 unspecified atom stereocenters. The molecule has 0 spiro atoms. The molecule has 4 nitrogen and oxygen atoms in total. The molecule has 1 aliphatic rings. The van der Waals surface area contributed by atoms with Crippen LogP contribution in [0.5, 0.6) is 0 Å². The number of aromatic nitrogens is 2. The third kappa shape index (κ3) is 2.75. The summed E-state index contributed by atoms with van der Waals surface area (Å²) in [4.78, 5) is 12.7. The van der Waals surface area contributed by atoms with Crippen LogP contribution in [0.3, 0.4) is 0 Å². The van der Waals surface area contributed by atoms with Gasteiger partial charge in [0.25, 0.3) is 0 Å². The normalized spacial score (nSPS) is 15.5. The molecule has 3 rings (SSSR count). The number of piperazine rings is 1. The summed E-state index contributed by atoms with van der Waals surface area (Å²) in [7, 11) is 0. The van der Waals surface area contributed by atoms with Crippen LogP contribution < -0.4 is 9.80 Å². The topological polar surface area (TPSA) is 32.3 Å². The first-order valence-electron chi connectivity index (χ1n) is 6.46. The summed E-state index contributed by atoms with van der Waals surface area (Å²) in [5.74, 6) is 1.11. The van der Waals surface area contributed by atoms with Crippen LogP contribution in [0.25, 0.3) is 0 Å². The second kappa shape index (κ2) is 5.75. The Hall–Kier alpha value is -1.69. The molecule has 0 radical (unpaired) electrons. The molecule has 0 N–H and O–H groups in total. The Labute approximate surface area is 125 Å². The fraction of sp³-hybridized carbons (Fsp3) is 0.286. The van der Waals surface area contributed by atoms with Gasteiger partial charge in [-0.2, -0.15) is 0 Å². The van der Waals surface area contributed by atoms with Crippen molar-refractivity contribution in [3.8, 4) is 0 Å². The van der Waals surface area contributed by atoms with Crippen LogP contribution >= 0.6 is 15.9 Å². The van der Waals surface area contributed by atoms with Gasteiger partial charge in [-0.05, 0) is 34.1 Å². The highest BCUT2D eigenvalue weighted by molar-refractivity contribution is 9.10. The fourth-order valence-corrected chi connectivity index (χ4v) is 2.63. The molecule has 0 bridgehead atoms. The second-order valence-corrected chi connectivity index (χ2v) is 5.54. The van der Waals surface area contributed by atoms with Crippen molar-refractivity contribution >= 4 is 27.6 Å². The zero-order valence-electron chi connectivity index (χ0n) is 10.8. The number of pyridine rings is 2. The summed E-state index contributed by atoms with van der Waals surface area (Å²) in [6.07, 6.45) is 3.42. The predicted octanol–water partition coefficient (Wildman–Crippen LogP) is 2.70. The first-order valence-corrected chi connectivity index (χ1v) is 7.25. The summed E-state index contributed by atoms with van der Waals surface area (Å²) >= 11 is 3.22. The van der Waals surface area contributed by atoms with Crippen LogP contribution in [0, 0.1) is 5.82 Å². The van der Waals surface area contributed by atoms with Gasteiger partial charge < -0.3 is 9.80 Å². The second-order valence-electron chi connectivity index (χ2n) is 4.62. The van der Waals surface area contributed by atoms with Gasteiger partial charge in [0.15, 0.2) is 11.6 Å². The highest BCUT2D eigenvalue weighted by Gasteiger charge is 2.21. The molecule has 6 heteroatoms. The van der Waals surface area contributed by atoms with Crippen molar-refractivity contribution in [1.29, 1.82) is 0 Å². The minimum absolute atomic E-state index is 0.286. The summed E-state index contributed by atoms with van der Waals surface area (Å²) < 4.78 is 14.6. The third-order valence-electron chi connectivity index (χ3n) is 3.34. The van der Waals surface area contributed by atoms with Crippen molar-refractivity contribution in [1.82, 2.24) is 9.97 Å². The molecule has 1 fully saturated rings. The quantitative estimate of drug-likeness (QED) is 0.844. The van der Waals surface area contributed by atoms with Crippen LogP contribution in [0.2, 0.25) is 0 Å². The van der Waals surface area contributed by atoms with Crippen LogP contribution in [0.1, 0.15) is 0 Å². The fourth-order valence-electron chi connectivity index (χ4n) is 2.33. The maximum Gasteiger partial charge on any atom is 0.166 e. The molecule has 0 aromatic carbocycles.